The van der Waals surface area contributed by atoms with E-state index >= 15 is 0 Å². The molecule has 0 amide bonds. The molecule has 1 fully saturated rings. The summed E-state index contributed by atoms with van der Waals surface area (Å²) in [5.74, 6) is -1.16. The zero-order valence-electron chi connectivity index (χ0n) is 13.6. The average molecular weight is 315 g/mol. The van der Waals surface area contributed by atoms with E-state index in [0.717, 1.165) is 18.1 Å². The molecule has 1 saturated carbocycles. The summed E-state index contributed by atoms with van der Waals surface area (Å²) in [4.78, 5) is 21.1. The number of ether oxygens (including phenoxy) is 1. The number of hydrogen-bond donors (Lipinski definition) is 1. The third kappa shape index (κ3) is 6.35. The van der Waals surface area contributed by atoms with Crippen molar-refractivity contribution in [1.29, 1.82) is 5.26 Å². The Morgan fingerprint density at radius 1 is 1.35 bits per heavy atom. The van der Waals surface area contributed by atoms with E-state index in [1.54, 1.807) is 12.1 Å². The minimum atomic E-state index is -0.723. The largest absolute Gasteiger partial charge is 0.481 e. The van der Waals surface area contributed by atoms with E-state index in [-0.39, 0.29) is 17.8 Å². The van der Waals surface area contributed by atoms with Crippen molar-refractivity contribution in [3.05, 3.63) is 48.0 Å². The molecule has 23 heavy (non-hydrogen) atoms. The Labute approximate surface area is 136 Å². The Balaban J connectivity index is 0.000000257. The topological polar surface area (TPSA) is 87.4 Å². The SMILES string of the molecule is C=CC(=O)OC(C)(C)C.N#Cc1ccc([C@@H]2C[C@H]2C(=O)O)cc1. The van der Waals surface area contributed by atoms with E-state index in [0.29, 0.717) is 5.56 Å². The molecule has 0 aromatic heterocycles. The lowest BCUT2D eigenvalue weighted by molar-refractivity contribution is -0.148. The van der Waals surface area contributed by atoms with Gasteiger partial charge < -0.3 is 9.84 Å². The highest BCUT2D eigenvalue weighted by molar-refractivity contribution is 5.81. The van der Waals surface area contributed by atoms with Crippen LogP contribution < -0.4 is 0 Å². The normalized spacial score (nSPS) is 18.7. The summed E-state index contributed by atoms with van der Waals surface area (Å²) < 4.78 is 4.83. The van der Waals surface area contributed by atoms with E-state index < -0.39 is 11.6 Å². The molecule has 1 aromatic carbocycles. The van der Waals surface area contributed by atoms with Crippen molar-refractivity contribution in [1.82, 2.24) is 0 Å². The Morgan fingerprint density at radius 2 is 1.91 bits per heavy atom. The minimum absolute atomic E-state index is 0.153. The first-order valence-corrected chi connectivity index (χ1v) is 7.26. The van der Waals surface area contributed by atoms with Crippen molar-refractivity contribution >= 4 is 11.9 Å². The lowest BCUT2D eigenvalue weighted by Gasteiger charge is -2.17. The number of carboxylic acids is 1. The Bertz CT molecular complexity index is 620. The molecule has 0 saturated heterocycles. The van der Waals surface area contributed by atoms with Gasteiger partial charge in [-0.2, -0.15) is 5.26 Å². The summed E-state index contributed by atoms with van der Waals surface area (Å²) >= 11 is 0. The van der Waals surface area contributed by atoms with Crippen LogP contribution in [0.4, 0.5) is 0 Å². The maximum atomic E-state index is 10.6. The van der Waals surface area contributed by atoms with E-state index in [9.17, 15) is 9.59 Å². The van der Waals surface area contributed by atoms with Crippen LogP contribution in [-0.4, -0.2) is 22.6 Å². The summed E-state index contributed by atoms with van der Waals surface area (Å²) in [7, 11) is 0. The number of nitriles is 1. The van der Waals surface area contributed by atoms with Crippen molar-refractivity contribution < 1.29 is 19.4 Å². The van der Waals surface area contributed by atoms with Crippen LogP contribution in [0.5, 0.6) is 0 Å². The summed E-state index contributed by atoms with van der Waals surface area (Å²) in [6.07, 6.45) is 1.88. The zero-order valence-corrected chi connectivity index (χ0v) is 13.6. The lowest BCUT2D eigenvalue weighted by atomic mass is 10.1. The maximum absolute atomic E-state index is 10.6. The summed E-state index contributed by atoms with van der Waals surface area (Å²) in [6.45, 7) is 8.71. The van der Waals surface area contributed by atoms with E-state index in [1.807, 2.05) is 39.0 Å². The highest BCUT2D eigenvalue weighted by atomic mass is 16.6. The van der Waals surface area contributed by atoms with Gasteiger partial charge in [0, 0.05) is 6.08 Å². The van der Waals surface area contributed by atoms with Gasteiger partial charge in [0.05, 0.1) is 17.6 Å². The van der Waals surface area contributed by atoms with Gasteiger partial charge >= 0.3 is 11.9 Å². The van der Waals surface area contributed by atoms with Crippen molar-refractivity contribution in [2.45, 2.75) is 38.7 Å². The van der Waals surface area contributed by atoms with E-state index in [1.165, 1.54) is 0 Å². The van der Waals surface area contributed by atoms with Crippen molar-refractivity contribution in [2.75, 3.05) is 0 Å². The molecule has 0 heterocycles. The van der Waals surface area contributed by atoms with Gasteiger partial charge in [-0.15, -0.1) is 0 Å². The van der Waals surface area contributed by atoms with Crippen LogP contribution in [0.25, 0.3) is 0 Å². The van der Waals surface area contributed by atoms with Crippen molar-refractivity contribution in [2.24, 2.45) is 5.92 Å². The van der Waals surface area contributed by atoms with Crippen LogP contribution >= 0.6 is 0 Å². The second kappa shape index (κ2) is 7.59. The molecule has 5 nitrogen and oxygen atoms in total. The molecule has 1 aliphatic carbocycles. The zero-order chi connectivity index (χ0) is 17.6. The Hall–Kier alpha value is -2.61. The summed E-state index contributed by atoms with van der Waals surface area (Å²) in [5, 5.41) is 17.3. The van der Waals surface area contributed by atoms with Gasteiger partial charge in [0.25, 0.3) is 0 Å². The molecule has 0 unspecified atom stereocenters. The molecule has 0 aliphatic heterocycles. The fraction of sp³-hybridized carbons (Fsp3) is 0.389. The van der Waals surface area contributed by atoms with Crippen molar-refractivity contribution in [3.8, 4) is 6.07 Å². The number of aliphatic carboxylic acids is 1. The number of benzene rings is 1. The molecule has 1 N–H and O–H groups in total. The Kier molecular flexibility index (Phi) is 6.09. The van der Waals surface area contributed by atoms with Crippen LogP contribution in [0.3, 0.4) is 0 Å². The third-order valence-corrected chi connectivity index (χ3v) is 3.15. The van der Waals surface area contributed by atoms with Crippen LogP contribution in [0.15, 0.2) is 36.9 Å². The molecular weight excluding hydrogens is 294 g/mol. The monoisotopic (exact) mass is 315 g/mol. The van der Waals surface area contributed by atoms with E-state index in [4.69, 9.17) is 15.1 Å². The fourth-order valence-electron chi connectivity index (χ4n) is 1.98. The van der Waals surface area contributed by atoms with Gasteiger partial charge in [-0.05, 0) is 50.8 Å². The van der Waals surface area contributed by atoms with Crippen LogP contribution in [0.1, 0.15) is 44.2 Å². The second-order valence-electron chi connectivity index (χ2n) is 6.26. The molecule has 2 atom stereocenters. The molecular formula is C18H21NO4. The van der Waals surface area contributed by atoms with Crippen molar-refractivity contribution in [3.63, 3.8) is 0 Å². The summed E-state index contributed by atoms with van der Waals surface area (Å²) in [5.41, 5.74) is 1.24. The predicted molar refractivity (Wildman–Crippen MR) is 85.7 cm³/mol. The van der Waals surface area contributed by atoms with Gasteiger partial charge in [0.1, 0.15) is 5.60 Å². The minimum Gasteiger partial charge on any atom is -0.481 e. The maximum Gasteiger partial charge on any atom is 0.330 e. The van der Waals surface area contributed by atoms with Gasteiger partial charge in [-0.25, -0.2) is 4.79 Å². The third-order valence-electron chi connectivity index (χ3n) is 3.15. The lowest BCUT2D eigenvalue weighted by Crippen LogP contribution is -2.22. The van der Waals surface area contributed by atoms with Crippen LogP contribution in [-0.2, 0) is 14.3 Å². The first-order valence-electron chi connectivity index (χ1n) is 7.26. The van der Waals surface area contributed by atoms with Gasteiger partial charge in [-0.1, -0.05) is 18.7 Å². The molecule has 0 bridgehead atoms. The number of rotatable bonds is 3. The van der Waals surface area contributed by atoms with E-state index in [2.05, 4.69) is 6.58 Å². The number of carboxylic acid groups (broad SMARTS) is 1. The van der Waals surface area contributed by atoms with Crippen LogP contribution in [0.2, 0.25) is 0 Å². The predicted octanol–water partition coefficient (Wildman–Crippen LogP) is 3.26. The number of esters is 1. The standard InChI is InChI=1S/C11H9NO2.C7H12O2/c12-6-7-1-3-8(4-2-7)9-5-10(9)11(13)14;1-5-6(8)9-7(2,3)4/h1-4,9-10H,5H2,(H,13,14);5H,1H2,2-4H3/t9-,10+;/m0./s1. The highest BCUT2D eigenvalue weighted by Gasteiger charge is 2.43. The highest BCUT2D eigenvalue weighted by Crippen LogP contribution is 2.47. The molecule has 1 aromatic rings. The number of nitrogens with zero attached hydrogens (tertiary/aromatic N) is 1. The van der Waals surface area contributed by atoms with Gasteiger partial charge in [0.2, 0.25) is 0 Å². The number of hydrogen-bond acceptors (Lipinski definition) is 4. The summed E-state index contributed by atoms with van der Waals surface area (Å²) in [6, 6.07) is 9.17. The molecule has 0 spiro atoms. The van der Waals surface area contributed by atoms with Gasteiger partial charge in [-0.3, -0.25) is 4.79 Å². The number of carbonyl (C=O) groups is 2. The molecule has 1 aliphatic rings. The molecule has 0 radical (unpaired) electrons. The first kappa shape index (κ1) is 18.4. The quantitative estimate of drug-likeness (QED) is 0.683. The first-order chi connectivity index (χ1) is 10.7. The average Bonchev–Trinajstić information content (AvgIpc) is 3.27. The molecule has 122 valence electrons. The smallest absolute Gasteiger partial charge is 0.330 e. The molecule has 2 rings (SSSR count). The van der Waals surface area contributed by atoms with Gasteiger partial charge in [0.15, 0.2) is 0 Å². The Morgan fingerprint density at radius 3 is 2.22 bits per heavy atom. The second-order valence-corrected chi connectivity index (χ2v) is 6.26. The fourth-order valence-corrected chi connectivity index (χ4v) is 1.98. The number of carbonyl (C=O) groups excluding carboxylic acids is 1. The van der Waals surface area contributed by atoms with Crippen LogP contribution in [0, 0.1) is 17.2 Å². The molecule has 5 heteroatoms.